The van der Waals surface area contributed by atoms with Crippen molar-refractivity contribution in [2.75, 3.05) is 5.32 Å². The molecule has 2 nitrogen and oxygen atoms in total. The highest BCUT2D eigenvalue weighted by Gasteiger charge is 2.28. The van der Waals surface area contributed by atoms with Crippen LogP contribution in [0.5, 0.6) is 0 Å². The van der Waals surface area contributed by atoms with Crippen LogP contribution in [-0.4, -0.2) is 11.8 Å². The normalized spacial score (nSPS) is 17.1. The maximum absolute atomic E-state index is 13.6. The summed E-state index contributed by atoms with van der Waals surface area (Å²) in [5.41, 5.74) is 2.22. The first kappa shape index (κ1) is 11.0. The predicted molar refractivity (Wildman–Crippen MR) is 68.3 cm³/mol. The van der Waals surface area contributed by atoms with Gasteiger partial charge in [-0.3, -0.25) is 4.79 Å². The summed E-state index contributed by atoms with van der Waals surface area (Å²) in [6.07, 6.45) is 0.614. The summed E-state index contributed by atoms with van der Waals surface area (Å²) < 4.78 is 13.6. The molecule has 90 valence electrons. The number of ketones is 1. The lowest BCUT2D eigenvalue weighted by Crippen LogP contribution is -2.27. The van der Waals surface area contributed by atoms with E-state index in [1.807, 2.05) is 24.3 Å². The molecule has 1 aliphatic rings. The third-order valence-electron chi connectivity index (χ3n) is 3.23. The number of hydrogen-bond acceptors (Lipinski definition) is 2. The minimum atomic E-state index is -0.458. The fourth-order valence-corrected chi connectivity index (χ4v) is 2.30. The summed E-state index contributed by atoms with van der Waals surface area (Å²) in [4.78, 5) is 12.2. The van der Waals surface area contributed by atoms with Gasteiger partial charge in [-0.15, -0.1) is 0 Å². The topological polar surface area (TPSA) is 29.1 Å². The fraction of sp³-hybridized carbons (Fsp3) is 0.133. The van der Waals surface area contributed by atoms with Gasteiger partial charge < -0.3 is 5.32 Å². The van der Waals surface area contributed by atoms with E-state index in [9.17, 15) is 9.18 Å². The van der Waals surface area contributed by atoms with E-state index < -0.39 is 5.82 Å². The summed E-state index contributed by atoms with van der Waals surface area (Å²) in [6.45, 7) is 0. The van der Waals surface area contributed by atoms with E-state index in [2.05, 4.69) is 5.32 Å². The summed E-state index contributed by atoms with van der Waals surface area (Å²) in [5, 5.41) is 3.14. The highest BCUT2D eigenvalue weighted by atomic mass is 19.1. The molecule has 3 rings (SSSR count). The summed E-state index contributed by atoms with van der Waals surface area (Å²) in [5.74, 6) is -0.649. The Morgan fingerprint density at radius 2 is 1.83 bits per heavy atom. The number of carbonyl (C=O) groups excluding carboxylic acids is 1. The molecule has 0 bridgehead atoms. The Kier molecular flexibility index (Phi) is 2.59. The number of para-hydroxylation sites is 1. The average molecular weight is 241 g/mol. The van der Waals surface area contributed by atoms with E-state index in [-0.39, 0.29) is 17.4 Å². The summed E-state index contributed by atoms with van der Waals surface area (Å²) in [7, 11) is 0. The van der Waals surface area contributed by atoms with Crippen LogP contribution in [0, 0.1) is 5.82 Å². The Hall–Kier alpha value is -2.16. The Balaban J connectivity index is 1.87. The van der Waals surface area contributed by atoms with Crippen molar-refractivity contribution < 1.29 is 9.18 Å². The Labute approximate surface area is 104 Å². The van der Waals surface area contributed by atoms with Crippen LogP contribution >= 0.6 is 0 Å². The van der Waals surface area contributed by atoms with Gasteiger partial charge >= 0.3 is 0 Å². The number of carbonyl (C=O) groups is 1. The van der Waals surface area contributed by atoms with Crippen LogP contribution in [-0.2, 0) is 6.42 Å². The zero-order valence-corrected chi connectivity index (χ0v) is 9.69. The standard InChI is InChI=1S/C15H12FNO/c16-12-7-3-2-6-11(12)15(18)14-9-10-5-1-4-8-13(10)17-14/h1-8,14,17H,9H2. The van der Waals surface area contributed by atoms with Crippen LogP contribution in [0.2, 0.25) is 0 Å². The van der Waals surface area contributed by atoms with E-state index in [1.165, 1.54) is 12.1 Å². The fourth-order valence-electron chi connectivity index (χ4n) is 2.30. The van der Waals surface area contributed by atoms with Crippen LogP contribution in [0.4, 0.5) is 10.1 Å². The van der Waals surface area contributed by atoms with Crippen molar-refractivity contribution in [3.05, 3.63) is 65.5 Å². The third kappa shape index (κ3) is 1.78. The second-order valence-corrected chi connectivity index (χ2v) is 4.40. The molecule has 0 aromatic heterocycles. The number of benzene rings is 2. The number of hydrogen-bond donors (Lipinski definition) is 1. The lowest BCUT2D eigenvalue weighted by Gasteiger charge is -2.10. The average Bonchev–Trinajstić information content (AvgIpc) is 2.82. The zero-order valence-electron chi connectivity index (χ0n) is 9.69. The van der Waals surface area contributed by atoms with Crippen molar-refractivity contribution in [3.8, 4) is 0 Å². The maximum atomic E-state index is 13.6. The van der Waals surface area contributed by atoms with Crippen molar-refractivity contribution in [1.82, 2.24) is 0 Å². The van der Waals surface area contributed by atoms with E-state index >= 15 is 0 Å². The summed E-state index contributed by atoms with van der Waals surface area (Å²) in [6, 6.07) is 13.5. The van der Waals surface area contributed by atoms with E-state index in [0.717, 1.165) is 11.3 Å². The van der Waals surface area contributed by atoms with Gasteiger partial charge in [0.15, 0.2) is 5.78 Å². The number of fused-ring (bicyclic) bond motifs is 1. The van der Waals surface area contributed by atoms with Crippen LogP contribution < -0.4 is 5.32 Å². The monoisotopic (exact) mass is 241 g/mol. The molecule has 0 spiro atoms. The highest BCUT2D eigenvalue weighted by Crippen LogP contribution is 2.27. The number of halogens is 1. The first-order valence-corrected chi connectivity index (χ1v) is 5.89. The first-order valence-electron chi connectivity index (χ1n) is 5.89. The van der Waals surface area contributed by atoms with E-state index in [1.54, 1.807) is 12.1 Å². The van der Waals surface area contributed by atoms with Gasteiger partial charge in [0.05, 0.1) is 11.6 Å². The Bertz CT molecular complexity index is 584. The van der Waals surface area contributed by atoms with Gasteiger partial charge in [-0.2, -0.15) is 0 Å². The summed E-state index contributed by atoms with van der Waals surface area (Å²) >= 11 is 0. The number of rotatable bonds is 2. The predicted octanol–water partition coefficient (Wildman–Crippen LogP) is 3.05. The van der Waals surface area contributed by atoms with Gasteiger partial charge in [0, 0.05) is 12.1 Å². The van der Waals surface area contributed by atoms with E-state index in [0.29, 0.717) is 6.42 Å². The van der Waals surface area contributed by atoms with Gasteiger partial charge in [0.25, 0.3) is 0 Å². The van der Waals surface area contributed by atoms with Gasteiger partial charge in [-0.05, 0) is 23.8 Å². The second kappa shape index (κ2) is 4.26. The molecule has 1 N–H and O–H groups in total. The van der Waals surface area contributed by atoms with Crippen LogP contribution in [0.3, 0.4) is 0 Å². The van der Waals surface area contributed by atoms with Gasteiger partial charge in [-0.25, -0.2) is 4.39 Å². The van der Waals surface area contributed by atoms with Crippen molar-refractivity contribution in [2.24, 2.45) is 0 Å². The van der Waals surface area contributed by atoms with Crippen LogP contribution in [0.15, 0.2) is 48.5 Å². The quantitative estimate of drug-likeness (QED) is 0.819. The molecule has 2 aromatic rings. The zero-order chi connectivity index (χ0) is 12.5. The van der Waals surface area contributed by atoms with Gasteiger partial charge in [-0.1, -0.05) is 30.3 Å². The minimum absolute atomic E-state index is 0.155. The lowest BCUT2D eigenvalue weighted by molar-refractivity contribution is 0.0968. The minimum Gasteiger partial charge on any atom is -0.374 e. The van der Waals surface area contributed by atoms with Gasteiger partial charge in [0.1, 0.15) is 5.82 Å². The molecule has 0 radical (unpaired) electrons. The molecule has 1 heterocycles. The van der Waals surface area contributed by atoms with E-state index in [4.69, 9.17) is 0 Å². The Morgan fingerprint density at radius 1 is 1.11 bits per heavy atom. The SMILES string of the molecule is O=C(c1ccccc1F)C1Cc2ccccc2N1. The molecule has 0 amide bonds. The van der Waals surface area contributed by atoms with Crippen LogP contribution in [0.25, 0.3) is 0 Å². The molecule has 0 fully saturated rings. The molecule has 0 saturated carbocycles. The van der Waals surface area contributed by atoms with Crippen LogP contribution in [0.1, 0.15) is 15.9 Å². The number of Topliss-reactive ketones (excluding diaryl/α,β-unsaturated/α-hetero) is 1. The number of anilines is 1. The molecule has 0 saturated heterocycles. The molecule has 3 heteroatoms. The maximum Gasteiger partial charge on any atom is 0.188 e. The van der Waals surface area contributed by atoms with Gasteiger partial charge in [0.2, 0.25) is 0 Å². The molecule has 2 aromatic carbocycles. The largest absolute Gasteiger partial charge is 0.374 e. The lowest BCUT2D eigenvalue weighted by atomic mass is 10.0. The molecule has 1 atom stereocenters. The Morgan fingerprint density at radius 3 is 2.61 bits per heavy atom. The number of nitrogens with one attached hydrogen (secondary N) is 1. The van der Waals surface area contributed by atoms with Crippen molar-refractivity contribution in [2.45, 2.75) is 12.5 Å². The molecule has 1 unspecified atom stereocenters. The van der Waals surface area contributed by atoms with Crippen molar-refractivity contribution in [3.63, 3.8) is 0 Å². The van der Waals surface area contributed by atoms with Crippen molar-refractivity contribution in [1.29, 1.82) is 0 Å². The smallest absolute Gasteiger partial charge is 0.188 e. The second-order valence-electron chi connectivity index (χ2n) is 4.40. The first-order chi connectivity index (χ1) is 8.75. The third-order valence-corrected chi connectivity index (χ3v) is 3.23. The molecule has 1 aliphatic heterocycles. The van der Waals surface area contributed by atoms with Crippen molar-refractivity contribution >= 4 is 11.5 Å². The molecule has 0 aliphatic carbocycles. The molecular weight excluding hydrogens is 229 g/mol. The molecule has 18 heavy (non-hydrogen) atoms. The highest BCUT2D eigenvalue weighted by molar-refractivity contribution is 6.03. The molecular formula is C15H12FNO.